The van der Waals surface area contributed by atoms with Crippen molar-refractivity contribution in [3.05, 3.63) is 28.8 Å². The standard InChI is InChI=1S/C11H13ClN2O3/c1-6(4-10(15)16)14-11(17)8-3-2-7(13)5-9(8)12/h2-3,5-6H,4,13H2,1H3,(H,14,17)(H,15,16). The number of carboxylic acids is 1. The Kier molecular flexibility index (Phi) is 4.34. The van der Waals surface area contributed by atoms with Crippen LogP contribution in [0.1, 0.15) is 23.7 Å². The normalized spacial score (nSPS) is 11.9. The van der Waals surface area contributed by atoms with Crippen molar-refractivity contribution >= 4 is 29.2 Å². The van der Waals surface area contributed by atoms with Crippen LogP contribution >= 0.6 is 11.6 Å². The van der Waals surface area contributed by atoms with Gasteiger partial charge in [-0.25, -0.2) is 0 Å². The van der Waals surface area contributed by atoms with Crippen LogP contribution in [0.5, 0.6) is 0 Å². The molecule has 6 heteroatoms. The number of hydrogen-bond acceptors (Lipinski definition) is 3. The highest BCUT2D eigenvalue weighted by molar-refractivity contribution is 6.34. The summed E-state index contributed by atoms with van der Waals surface area (Å²) in [5.74, 6) is -1.38. The number of aliphatic carboxylic acids is 1. The molecule has 17 heavy (non-hydrogen) atoms. The van der Waals surface area contributed by atoms with Gasteiger partial charge in [-0.15, -0.1) is 0 Å². The minimum Gasteiger partial charge on any atom is -0.481 e. The predicted octanol–water partition coefficient (Wildman–Crippen LogP) is 1.52. The zero-order valence-corrected chi connectivity index (χ0v) is 9.99. The maximum absolute atomic E-state index is 11.7. The van der Waals surface area contributed by atoms with Crippen molar-refractivity contribution < 1.29 is 14.7 Å². The quantitative estimate of drug-likeness (QED) is 0.712. The molecule has 1 atom stereocenters. The molecule has 1 aromatic carbocycles. The Balaban J connectivity index is 2.73. The molecule has 0 aliphatic rings. The van der Waals surface area contributed by atoms with Crippen LogP contribution in [-0.2, 0) is 4.79 Å². The molecule has 1 aromatic rings. The van der Waals surface area contributed by atoms with Gasteiger partial charge in [0.15, 0.2) is 0 Å². The van der Waals surface area contributed by atoms with Gasteiger partial charge in [-0.2, -0.15) is 0 Å². The van der Waals surface area contributed by atoms with Crippen LogP contribution in [0.25, 0.3) is 0 Å². The van der Waals surface area contributed by atoms with Crippen LogP contribution in [-0.4, -0.2) is 23.0 Å². The number of nitrogens with two attached hydrogens (primary N) is 1. The molecule has 0 bridgehead atoms. The third-order valence-electron chi connectivity index (χ3n) is 2.10. The summed E-state index contributed by atoms with van der Waals surface area (Å²) in [6, 6.07) is 4.06. The molecule has 0 saturated heterocycles. The van der Waals surface area contributed by atoms with Gasteiger partial charge in [-0.05, 0) is 25.1 Å². The average molecular weight is 257 g/mol. The number of nitrogen functional groups attached to an aromatic ring is 1. The van der Waals surface area contributed by atoms with E-state index in [0.29, 0.717) is 5.69 Å². The van der Waals surface area contributed by atoms with E-state index in [-0.39, 0.29) is 17.0 Å². The monoisotopic (exact) mass is 256 g/mol. The lowest BCUT2D eigenvalue weighted by molar-refractivity contribution is -0.137. The van der Waals surface area contributed by atoms with E-state index < -0.39 is 17.9 Å². The molecular weight excluding hydrogens is 244 g/mol. The lowest BCUT2D eigenvalue weighted by atomic mass is 10.1. The van der Waals surface area contributed by atoms with Crippen molar-refractivity contribution in [3.8, 4) is 0 Å². The van der Waals surface area contributed by atoms with Gasteiger partial charge in [0, 0.05) is 11.7 Å². The molecule has 0 radical (unpaired) electrons. The van der Waals surface area contributed by atoms with E-state index in [2.05, 4.69) is 5.32 Å². The van der Waals surface area contributed by atoms with Crippen molar-refractivity contribution in [2.75, 3.05) is 5.73 Å². The highest BCUT2D eigenvalue weighted by Gasteiger charge is 2.14. The summed E-state index contributed by atoms with van der Waals surface area (Å²) in [4.78, 5) is 22.2. The lowest BCUT2D eigenvalue weighted by Gasteiger charge is -2.12. The Morgan fingerprint density at radius 3 is 2.71 bits per heavy atom. The van der Waals surface area contributed by atoms with E-state index in [9.17, 15) is 9.59 Å². The smallest absolute Gasteiger partial charge is 0.305 e. The molecule has 5 nitrogen and oxygen atoms in total. The number of carbonyl (C=O) groups is 2. The molecule has 0 fully saturated rings. The zero-order valence-electron chi connectivity index (χ0n) is 9.24. The van der Waals surface area contributed by atoms with Gasteiger partial charge in [-0.1, -0.05) is 11.6 Å². The number of amides is 1. The predicted molar refractivity (Wildman–Crippen MR) is 65.0 cm³/mol. The summed E-state index contributed by atoms with van der Waals surface area (Å²) >= 11 is 5.86. The number of halogens is 1. The first-order chi connectivity index (χ1) is 7.90. The summed E-state index contributed by atoms with van der Waals surface area (Å²) in [6.07, 6.45) is -0.141. The number of carboxylic acid groups (broad SMARTS) is 1. The molecule has 0 heterocycles. The highest BCUT2D eigenvalue weighted by atomic mass is 35.5. The number of nitrogens with one attached hydrogen (secondary N) is 1. The first kappa shape index (κ1) is 13.3. The van der Waals surface area contributed by atoms with Crippen molar-refractivity contribution in [3.63, 3.8) is 0 Å². The molecule has 0 aliphatic carbocycles. The second-order valence-electron chi connectivity index (χ2n) is 3.71. The molecule has 1 rings (SSSR count). The maximum Gasteiger partial charge on any atom is 0.305 e. The Hall–Kier alpha value is -1.75. The molecule has 0 aliphatic heterocycles. The van der Waals surface area contributed by atoms with E-state index in [4.69, 9.17) is 22.4 Å². The van der Waals surface area contributed by atoms with Crippen LogP contribution in [0.3, 0.4) is 0 Å². The summed E-state index contributed by atoms with van der Waals surface area (Å²) in [6.45, 7) is 1.61. The summed E-state index contributed by atoms with van der Waals surface area (Å²) < 4.78 is 0. The Bertz CT molecular complexity index is 448. The number of carbonyl (C=O) groups excluding carboxylic acids is 1. The van der Waals surface area contributed by atoms with Crippen LogP contribution in [0.2, 0.25) is 5.02 Å². The minimum atomic E-state index is -0.971. The van der Waals surface area contributed by atoms with Gasteiger partial charge in [-0.3, -0.25) is 9.59 Å². The first-order valence-corrected chi connectivity index (χ1v) is 5.35. The van der Waals surface area contributed by atoms with Crippen molar-refractivity contribution in [1.29, 1.82) is 0 Å². The van der Waals surface area contributed by atoms with Gasteiger partial charge in [0.1, 0.15) is 0 Å². The SMILES string of the molecule is CC(CC(=O)O)NC(=O)c1ccc(N)cc1Cl. The molecule has 92 valence electrons. The third kappa shape index (κ3) is 3.96. The number of anilines is 1. The fourth-order valence-electron chi connectivity index (χ4n) is 1.33. The average Bonchev–Trinajstić information content (AvgIpc) is 2.15. The third-order valence-corrected chi connectivity index (χ3v) is 2.41. The van der Waals surface area contributed by atoms with Crippen molar-refractivity contribution in [1.82, 2.24) is 5.32 Å². The molecular formula is C11H13ClN2O3. The van der Waals surface area contributed by atoms with E-state index >= 15 is 0 Å². The second kappa shape index (κ2) is 5.54. The maximum atomic E-state index is 11.7. The van der Waals surface area contributed by atoms with Gasteiger partial charge in [0.2, 0.25) is 0 Å². The fraction of sp³-hybridized carbons (Fsp3) is 0.273. The topological polar surface area (TPSA) is 92.4 Å². The number of rotatable bonds is 4. The Morgan fingerprint density at radius 1 is 1.53 bits per heavy atom. The number of hydrogen-bond donors (Lipinski definition) is 3. The van der Waals surface area contributed by atoms with Gasteiger partial charge < -0.3 is 16.2 Å². The molecule has 0 aromatic heterocycles. The van der Waals surface area contributed by atoms with Gasteiger partial charge in [0.25, 0.3) is 5.91 Å². The Morgan fingerprint density at radius 2 is 2.18 bits per heavy atom. The van der Waals surface area contributed by atoms with E-state index in [1.165, 1.54) is 12.1 Å². The molecule has 1 unspecified atom stereocenters. The molecule has 1 amide bonds. The molecule has 0 spiro atoms. The fourth-order valence-corrected chi connectivity index (χ4v) is 1.60. The summed E-state index contributed by atoms with van der Waals surface area (Å²) in [7, 11) is 0. The number of benzene rings is 1. The van der Waals surface area contributed by atoms with Gasteiger partial charge in [0.05, 0.1) is 17.0 Å². The van der Waals surface area contributed by atoms with Crippen LogP contribution in [0, 0.1) is 0 Å². The van der Waals surface area contributed by atoms with Crippen LogP contribution in [0.4, 0.5) is 5.69 Å². The highest BCUT2D eigenvalue weighted by Crippen LogP contribution is 2.19. The molecule has 0 saturated carbocycles. The van der Waals surface area contributed by atoms with Crippen molar-refractivity contribution in [2.45, 2.75) is 19.4 Å². The summed E-state index contributed by atoms with van der Waals surface area (Å²) in [5.41, 5.74) is 6.24. The van der Waals surface area contributed by atoms with Crippen LogP contribution in [0.15, 0.2) is 18.2 Å². The van der Waals surface area contributed by atoms with E-state index in [1.54, 1.807) is 13.0 Å². The Labute approximate surface area is 104 Å². The molecule has 4 N–H and O–H groups in total. The van der Waals surface area contributed by atoms with E-state index in [1.807, 2.05) is 0 Å². The summed E-state index contributed by atoms with van der Waals surface area (Å²) in [5, 5.41) is 11.3. The van der Waals surface area contributed by atoms with Crippen molar-refractivity contribution in [2.24, 2.45) is 0 Å². The minimum absolute atomic E-state index is 0.141. The second-order valence-corrected chi connectivity index (χ2v) is 4.12. The van der Waals surface area contributed by atoms with Gasteiger partial charge >= 0.3 is 5.97 Å². The zero-order chi connectivity index (χ0) is 13.0. The van der Waals surface area contributed by atoms with E-state index in [0.717, 1.165) is 0 Å². The largest absolute Gasteiger partial charge is 0.481 e. The first-order valence-electron chi connectivity index (χ1n) is 4.98. The lowest BCUT2D eigenvalue weighted by Crippen LogP contribution is -2.34. The van der Waals surface area contributed by atoms with Crippen LogP contribution < -0.4 is 11.1 Å².